The fourth-order valence-corrected chi connectivity index (χ4v) is 1.61. The van der Waals surface area contributed by atoms with Crippen LogP contribution in [-0.4, -0.2) is 23.1 Å². The molecule has 16 heavy (non-hydrogen) atoms. The number of aromatic nitrogens is 2. The van der Waals surface area contributed by atoms with Gasteiger partial charge < -0.3 is 10.5 Å². The van der Waals surface area contributed by atoms with Gasteiger partial charge in [-0.2, -0.15) is 0 Å². The molecular formula is C12H21N3O. The first-order valence-corrected chi connectivity index (χ1v) is 5.95. The maximum Gasteiger partial charge on any atom is 0.157 e. The van der Waals surface area contributed by atoms with Crippen LogP contribution < -0.4 is 5.73 Å². The summed E-state index contributed by atoms with van der Waals surface area (Å²) in [4.78, 5) is 8.77. The summed E-state index contributed by atoms with van der Waals surface area (Å²) in [6, 6.07) is 1.91. The molecule has 0 saturated heterocycles. The van der Waals surface area contributed by atoms with Crippen LogP contribution in [-0.2, 0) is 11.2 Å². The molecule has 0 aromatic carbocycles. The van der Waals surface area contributed by atoms with Crippen LogP contribution in [0.2, 0.25) is 0 Å². The van der Waals surface area contributed by atoms with Crippen LogP contribution in [0.1, 0.15) is 44.3 Å². The average molecular weight is 223 g/mol. The van der Waals surface area contributed by atoms with Crippen molar-refractivity contribution in [3.63, 3.8) is 0 Å². The van der Waals surface area contributed by atoms with Gasteiger partial charge in [-0.3, -0.25) is 0 Å². The molecule has 2 N–H and O–H groups in total. The minimum Gasteiger partial charge on any atom is -0.371 e. The van der Waals surface area contributed by atoms with E-state index in [0.717, 1.165) is 30.8 Å². The molecule has 4 heteroatoms. The Hall–Kier alpha value is -1.00. The molecule has 0 amide bonds. The standard InChI is InChI=1S/C12H21N3O/c1-3-5-11(16-4-2)12-14-9-7-10(15-12)6-8-13/h7,9,11H,3-6,8,13H2,1-2H3. The van der Waals surface area contributed by atoms with Crippen LogP contribution >= 0.6 is 0 Å². The number of nitrogens with zero attached hydrogens (tertiary/aromatic N) is 2. The molecule has 0 aliphatic rings. The Morgan fingerprint density at radius 1 is 1.44 bits per heavy atom. The van der Waals surface area contributed by atoms with Crippen molar-refractivity contribution in [3.05, 3.63) is 23.8 Å². The van der Waals surface area contributed by atoms with E-state index in [2.05, 4.69) is 16.9 Å². The van der Waals surface area contributed by atoms with Crippen molar-refractivity contribution in [3.8, 4) is 0 Å². The molecule has 1 heterocycles. The van der Waals surface area contributed by atoms with Crippen LogP contribution in [0, 0.1) is 0 Å². The molecule has 0 bridgehead atoms. The molecule has 4 nitrogen and oxygen atoms in total. The molecule has 0 aliphatic carbocycles. The van der Waals surface area contributed by atoms with Gasteiger partial charge in [0, 0.05) is 24.9 Å². The summed E-state index contributed by atoms with van der Waals surface area (Å²) in [6.45, 7) is 5.43. The van der Waals surface area contributed by atoms with Gasteiger partial charge >= 0.3 is 0 Å². The predicted molar refractivity (Wildman–Crippen MR) is 64.1 cm³/mol. The maximum atomic E-state index is 5.65. The van der Waals surface area contributed by atoms with Gasteiger partial charge in [-0.05, 0) is 26.0 Å². The second-order valence-corrected chi connectivity index (χ2v) is 3.68. The number of hydrogen-bond donors (Lipinski definition) is 1. The van der Waals surface area contributed by atoms with Crippen molar-refractivity contribution in [2.75, 3.05) is 13.2 Å². The van der Waals surface area contributed by atoms with Crippen LogP contribution in [0.3, 0.4) is 0 Å². The van der Waals surface area contributed by atoms with Crippen molar-refractivity contribution >= 4 is 0 Å². The Morgan fingerprint density at radius 2 is 2.25 bits per heavy atom. The van der Waals surface area contributed by atoms with E-state index in [9.17, 15) is 0 Å². The van der Waals surface area contributed by atoms with Gasteiger partial charge in [0.15, 0.2) is 5.82 Å². The lowest BCUT2D eigenvalue weighted by molar-refractivity contribution is 0.0492. The molecule has 1 unspecified atom stereocenters. The third kappa shape index (κ3) is 3.87. The second-order valence-electron chi connectivity index (χ2n) is 3.68. The fourth-order valence-electron chi connectivity index (χ4n) is 1.61. The minimum atomic E-state index is 0.0210. The predicted octanol–water partition coefficient (Wildman–Crippen LogP) is 1.86. The van der Waals surface area contributed by atoms with Crippen LogP contribution in [0.15, 0.2) is 12.3 Å². The molecule has 1 aromatic rings. The van der Waals surface area contributed by atoms with Gasteiger partial charge in [-0.1, -0.05) is 13.3 Å². The molecule has 0 spiro atoms. The minimum absolute atomic E-state index is 0.0210. The van der Waals surface area contributed by atoms with Crippen molar-refractivity contribution in [2.24, 2.45) is 5.73 Å². The Labute approximate surface area is 97.2 Å². The number of nitrogens with two attached hydrogens (primary N) is 1. The molecule has 1 aromatic heterocycles. The Kier molecular flexibility index (Phi) is 5.96. The van der Waals surface area contributed by atoms with Crippen molar-refractivity contribution in [1.29, 1.82) is 0 Å². The molecule has 1 atom stereocenters. The second kappa shape index (κ2) is 7.30. The van der Waals surface area contributed by atoms with E-state index in [1.165, 1.54) is 0 Å². The summed E-state index contributed by atoms with van der Waals surface area (Å²) >= 11 is 0. The lowest BCUT2D eigenvalue weighted by Gasteiger charge is -2.15. The first-order chi connectivity index (χ1) is 7.81. The monoisotopic (exact) mass is 223 g/mol. The van der Waals surface area contributed by atoms with E-state index < -0.39 is 0 Å². The van der Waals surface area contributed by atoms with E-state index in [4.69, 9.17) is 10.5 Å². The number of hydrogen-bond acceptors (Lipinski definition) is 4. The highest BCUT2D eigenvalue weighted by molar-refractivity contribution is 5.04. The van der Waals surface area contributed by atoms with Gasteiger partial charge in [0.1, 0.15) is 6.10 Å². The summed E-state index contributed by atoms with van der Waals surface area (Å²) in [5.74, 6) is 0.787. The van der Waals surface area contributed by atoms with Gasteiger partial charge in [-0.15, -0.1) is 0 Å². The fraction of sp³-hybridized carbons (Fsp3) is 0.667. The van der Waals surface area contributed by atoms with Gasteiger partial charge in [0.25, 0.3) is 0 Å². The maximum absolute atomic E-state index is 5.65. The summed E-state index contributed by atoms with van der Waals surface area (Å²) in [5, 5.41) is 0. The van der Waals surface area contributed by atoms with E-state index in [0.29, 0.717) is 13.2 Å². The van der Waals surface area contributed by atoms with Crippen molar-refractivity contribution < 1.29 is 4.74 Å². The Balaban J connectivity index is 2.77. The highest BCUT2D eigenvalue weighted by Gasteiger charge is 2.13. The largest absolute Gasteiger partial charge is 0.371 e. The Bertz CT molecular complexity index is 298. The summed E-state index contributed by atoms with van der Waals surface area (Å²) < 4.78 is 5.65. The zero-order chi connectivity index (χ0) is 11.8. The number of ether oxygens (including phenoxy) is 1. The van der Waals surface area contributed by atoms with Crippen molar-refractivity contribution in [2.45, 2.75) is 39.2 Å². The highest BCUT2D eigenvalue weighted by atomic mass is 16.5. The molecule has 1 rings (SSSR count). The lowest BCUT2D eigenvalue weighted by atomic mass is 10.2. The van der Waals surface area contributed by atoms with E-state index in [1.807, 2.05) is 13.0 Å². The van der Waals surface area contributed by atoms with E-state index in [-0.39, 0.29) is 6.10 Å². The molecule has 0 saturated carbocycles. The third-order valence-electron chi connectivity index (χ3n) is 2.34. The smallest absolute Gasteiger partial charge is 0.157 e. The summed E-state index contributed by atoms with van der Waals surface area (Å²) in [5.41, 5.74) is 6.51. The van der Waals surface area contributed by atoms with E-state index in [1.54, 1.807) is 6.20 Å². The normalized spacial score (nSPS) is 12.7. The topological polar surface area (TPSA) is 61.0 Å². The van der Waals surface area contributed by atoms with Gasteiger partial charge in [0.05, 0.1) is 0 Å². The van der Waals surface area contributed by atoms with Gasteiger partial charge in [-0.25, -0.2) is 9.97 Å². The summed E-state index contributed by atoms with van der Waals surface area (Å²) in [6.07, 6.45) is 4.62. The molecule has 90 valence electrons. The van der Waals surface area contributed by atoms with Gasteiger partial charge in [0.2, 0.25) is 0 Å². The van der Waals surface area contributed by atoms with Crippen LogP contribution in [0.5, 0.6) is 0 Å². The lowest BCUT2D eigenvalue weighted by Crippen LogP contribution is -2.11. The average Bonchev–Trinajstić information content (AvgIpc) is 2.30. The molecule has 0 aliphatic heterocycles. The third-order valence-corrected chi connectivity index (χ3v) is 2.34. The van der Waals surface area contributed by atoms with Crippen LogP contribution in [0.25, 0.3) is 0 Å². The number of rotatable bonds is 7. The first kappa shape index (κ1) is 13.1. The zero-order valence-electron chi connectivity index (χ0n) is 10.1. The molecular weight excluding hydrogens is 202 g/mol. The highest BCUT2D eigenvalue weighted by Crippen LogP contribution is 2.19. The quantitative estimate of drug-likeness (QED) is 0.766. The molecule has 0 radical (unpaired) electrons. The van der Waals surface area contributed by atoms with E-state index >= 15 is 0 Å². The van der Waals surface area contributed by atoms with Crippen molar-refractivity contribution in [1.82, 2.24) is 9.97 Å². The Morgan fingerprint density at radius 3 is 2.88 bits per heavy atom. The zero-order valence-corrected chi connectivity index (χ0v) is 10.1. The SMILES string of the molecule is CCCC(OCC)c1nccc(CCN)n1. The summed E-state index contributed by atoms with van der Waals surface area (Å²) in [7, 11) is 0. The first-order valence-electron chi connectivity index (χ1n) is 5.95. The molecule has 0 fully saturated rings. The van der Waals surface area contributed by atoms with Crippen LogP contribution in [0.4, 0.5) is 0 Å².